The van der Waals surface area contributed by atoms with Gasteiger partial charge < -0.3 is 15.7 Å². The monoisotopic (exact) mass is 304 g/mol. The third-order valence-electron chi connectivity index (χ3n) is 4.72. The van der Waals surface area contributed by atoms with Crippen LogP contribution < -0.4 is 10.6 Å². The Bertz CT molecular complexity index is 538. The van der Waals surface area contributed by atoms with E-state index in [2.05, 4.69) is 58.6 Å². The van der Waals surface area contributed by atoms with E-state index in [-0.39, 0.29) is 10.8 Å². The lowest BCUT2D eigenvalue weighted by Crippen LogP contribution is -2.36. The van der Waals surface area contributed by atoms with Crippen molar-refractivity contribution in [3.8, 4) is 5.75 Å². The number of aromatic hydroxyl groups is 1. The van der Waals surface area contributed by atoms with Crippen LogP contribution in [-0.4, -0.2) is 24.2 Å². The topological polar surface area (TPSA) is 49.5 Å². The van der Waals surface area contributed by atoms with Crippen molar-refractivity contribution >= 4 is 5.69 Å². The molecule has 3 heteroatoms. The molecular formula is C19H32N2O. The molecule has 0 radical (unpaired) electrons. The second kappa shape index (κ2) is 5.77. The van der Waals surface area contributed by atoms with E-state index in [0.29, 0.717) is 18.3 Å². The fourth-order valence-corrected chi connectivity index (χ4v) is 3.24. The fraction of sp³-hybridized carbons (Fsp3) is 0.684. The lowest BCUT2D eigenvalue weighted by molar-refractivity contribution is 0.443. The van der Waals surface area contributed by atoms with Crippen LogP contribution in [0.4, 0.5) is 5.69 Å². The predicted octanol–water partition coefficient (Wildman–Crippen LogP) is 3.91. The van der Waals surface area contributed by atoms with Crippen LogP contribution in [0.3, 0.4) is 0 Å². The van der Waals surface area contributed by atoms with Crippen molar-refractivity contribution in [2.24, 2.45) is 5.73 Å². The molecule has 0 spiro atoms. The molecule has 1 aromatic rings. The van der Waals surface area contributed by atoms with E-state index < -0.39 is 0 Å². The lowest BCUT2D eigenvalue weighted by atomic mass is 9.79. The molecule has 124 valence electrons. The van der Waals surface area contributed by atoms with E-state index in [1.54, 1.807) is 0 Å². The van der Waals surface area contributed by atoms with E-state index in [9.17, 15) is 5.11 Å². The average molecular weight is 304 g/mol. The Morgan fingerprint density at radius 2 is 1.77 bits per heavy atom. The Hall–Kier alpha value is -1.22. The van der Waals surface area contributed by atoms with Crippen molar-refractivity contribution in [3.63, 3.8) is 0 Å². The number of nitrogens with two attached hydrogens (primary N) is 1. The van der Waals surface area contributed by atoms with E-state index >= 15 is 0 Å². The number of phenolic OH excluding ortho intramolecular Hbond substituents is 1. The van der Waals surface area contributed by atoms with Crippen LogP contribution >= 0.6 is 0 Å². The van der Waals surface area contributed by atoms with Gasteiger partial charge in [-0.3, -0.25) is 0 Å². The molecule has 0 amide bonds. The maximum Gasteiger partial charge on any atom is 0.142 e. The Labute approximate surface area is 135 Å². The fourth-order valence-electron chi connectivity index (χ4n) is 3.24. The molecule has 1 aromatic carbocycles. The summed E-state index contributed by atoms with van der Waals surface area (Å²) in [5, 5.41) is 10.9. The van der Waals surface area contributed by atoms with Gasteiger partial charge >= 0.3 is 0 Å². The van der Waals surface area contributed by atoms with Gasteiger partial charge in [-0.2, -0.15) is 0 Å². The quantitative estimate of drug-likeness (QED) is 0.871. The molecule has 0 aromatic heterocycles. The van der Waals surface area contributed by atoms with Crippen LogP contribution in [0, 0.1) is 0 Å². The third-order valence-corrected chi connectivity index (χ3v) is 4.72. The van der Waals surface area contributed by atoms with E-state index in [1.807, 2.05) is 0 Å². The van der Waals surface area contributed by atoms with Crippen molar-refractivity contribution in [2.45, 2.75) is 71.3 Å². The Balaban J connectivity index is 2.62. The molecule has 1 fully saturated rings. The molecule has 1 heterocycles. The summed E-state index contributed by atoms with van der Waals surface area (Å²) in [6, 6.07) is 4.68. The zero-order chi connectivity index (χ0) is 16.7. The SMILES string of the molecule is CC(C)(C)c1cc(N2CCC[C@H]2CN)c(O)c(C(C)(C)C)c1. The van der Waals surface area contributed by atoms with E-state index in [4.69, 9.17) is 5.73 Å². The van der Waals surface area contributed by atoms with Gasteiger partial charge in [-0.1, -0.05) is 47.6 Å². The summed E-state index contributed by atoms with van der Waals surface area (Å²) in [5.74, 6) is 0.431. The Morgan fingerprint density at radius 1 is 1.14 bits per heavy atom. The summed E-state index contributed by atoms with van der Waals surface area (Å²) in [5.41, 5.74) is 9.17. The van der Waals surface area contributed by atoms with Crippen molar-refractivity contribution in [3.05, 3.63) is 23.3 Å². The minimum atomic E-state index is -0.0853. The zero-order valence-electron chi connectivity index (χ0n) is 15.0. The molecular weight excluding hydrogens is 272 g/mol. The molecule has 1 saturated heterocycles. The predicted molar refractivity (Wildman–Crippen MR) is 94.9 cm³/mol. The first-order valence-electron chi connectivity index (χ1n) is 8.40. The van der Waals surface area contributed by atoms with Crippen molar-refractivity contribution in [1.29, 1.82) is 0 Å². The van der Waals surface area contributed by atoms with Gasteiger partial charge in [0.25, 0.3) is 0 Å². The van der Waals surface area contributed by atoms with Gasteiger partial charge in [0.2, 0.25) is 0 Å². The molecule has 1 aliphatic rings. The molecule has 22 heavy (non-hydrogen) atoms. The first kappa shape index (κ1) is 17.1. The number of rotatable bonds is 2. The number of anilines is 1. The Morgan fingerprint density at radius 3 is 2.27 bits per heavy atom. The number of benzene rings is 1. The molecule has 0 unspecified atom stereocenters. The molecule has 3 N–H and O–H groups in total. The van der Waals surface area contributed by atoms with Crippen LogP contribution in [0.15, 0.2) is 12.1 Å². The minimum Gasteiger partial charge on any atom is -0.505 e. The molecule has 0 aliphatic carbocycles. The average Bonchev–Trinajstić information content (AvgIpc) is 2.84. The highest BCUT2D eigenvalue weighted by Gasteiger charge is 2.30. The molecule has 1 aliphatic heterocycles. The maximum absolute atomic E-state index is 10.9. The second-order valence-electron chi connectivity index (χ2n) is 8.62. The van der Waals surface area contributed by atoms with Crippen LogP contribution in [0.2, 0.25) is 0 Å². The van der Waals surface area contributed by atoms with Gasteiger partial charge in [-0.05, 0) is 35.3 Å². The summed E-state index contributed by atoms with van der Waals surface area (Å²) in [7, 11) is 0. The van der Waals surface area contributed by atoms with Crippen LogP contribution in [0.25, 0.3) is 0 Å². The highest BCUT2D eigenvalue weighted by molar-refractivity contribution is 5.66. The van der Waals surface area contributed by atoms with Gasteiger partial charge in [0.1, 0.15) is 5.75 Å². The summed E-state index contributed by atoms with van der Waals surface area (Å²) >= 11 is 0. The van der Waals surface area contributed by atoms with Gasteiger partial charge in [-0.25, -0.2) is 0 Å². The molecule has 0 saturated carbocycles. The summed E-state index contributed by atoms with van der Waals surface area (Å²) < 4.78 is 0. The number of phenols is 1. The third kappa shape index (κ3) is 3.24. The van der Waals surface area contributed by atoms with E-state index in [1.165, 1.54) is 5.56 Å². The lowest BCUT2D eigenvalue weighted by Gasteiger charge is -2.32. The molecule has 0 bridgehead atoms. The molecule has 2 rings (SSSR count). The highest BCUT2D eigenvalue weighted by Crippen LogP contribution is 2.43. The van der Waals surface area contributed by atoms with Crippen LogP contribution in [0.1, 0.15) is 65.5 Å². The molecule has 3 nitrogen and oxygen atoms in total. The van der Waals surface area contributed by atoms with E-state index in [0.717, 1.165) is 30.6 Å². The summed E-state index contributed by atoms with van der Waals surface area (Å²) in [6.45, 7) is 14.8. The van der Waals surface area contributed by atoms with Crippen LogP contribution in [0.5, 0.6) is 5.75 Å². The van der Waals surface area contributed by atoms with Gasteiger partial charge in [-0.15, -0.1) is 0 Å². The van der Waals surface area contributed by atoms with Crippen molar-refractivity contribution < 1.29 is 5.11 Å². The van der Waals surface area contributed by atoms with Gasteiger partial charge in [0, 0.05) is 24.7 Å². The first-order valence-corrected chi connectivity index (χ1v) is 8.40. The minimum absolute atomic E-state index is 0.0559. The maximum atomic E-state index is 10.9. The van der Waals surface area contributed by atoms with Crippen LogP contribution in [-0.2, 0) is 10.8 Å². The largest absolute Gasteiger partial charge is 0.505 e. The summed E-state index contributed by atoms with van der Waals surface area (Å²) in [6.07, 6.45) is 2.26. The zero-order valence-corrected chi connectivity index (χ0v) is 15.0. The van der Waals surface area contributed by atoms with Crippen molar-refractivity contribution in [1.82, 2.24) is 0 Å². The van der Waals surface area contributed by atoms with Gasteiger partial charge in [0.05, 0.1) is 5.69 Å². The van der Waals surface area contributed by atoms with Crippen molar-refractivity contribution in [2.75, 3.05) is 18.0 Å². The summed E-state index contributed by atoms with van der Waals surface area (Å²) in [4.78, 5) is 2.31. The second-order valence-corrected chi connectivity index (χ2v) is 8.62. The van der Waals surface area contributed by atoms with Gasteiger partial charge in [0.15, 0.2) is 0 Å². The first-order chi connectivity index (χ1) is 10.1. The number of hydrogen-bond donors (Lipinski definition) is 2. The Kier molecular flexibility index (Phi) is 4.49. The highest BCUT2D eigenvalue weighted by atomic mass is 16.3. The molecule has 1 atom stereocenters. The normalized spacial score (nSPS) is 19.8. The number of nitrogens with zero attached hydrogens (tertiary/aromatic N) is 1. The number of hydrogen-bond acceptors (Lipinski definition) is 3. The standard InChI is InChI=1S/C19H32N2O/c1-18(2,3)13-10-15(19(4,5)6)17(22)16(11-13)21-9-7-8-14(21)12-20/h10-11,14,22H,7-9,12,20H2,1-6H3/t14-/m0/s1. The smallest absolute Gasteiger partial charge is 0.142 e.